The summed E-state index contributed by atoms with van der Waals surface area (Å²) in [5.41, 5.74) is 1.17. The second kappa shape index (κ2) is 7.01. The first-order chi connectivity index (χ1) is 9.20. The fourth-order valence-corrected chi connectivity index (χ4v) is 2.96. The molecule has 0 spiro atoms. The Bertz CT molecular complexity index is 377. The standard InChI is InChI=1S/C16H25FN2/c1-13-5-3-4-11-19(13)12-10-16(18-2)14-6-8-15(17)9-7-14/h6-9,13,16,18H,3-5,10-12H2,1-2H3. The Labute approximate surface area is 116 Å². The first-order valence-corrected chi connectivity index (χ1v) is 7.37. The van der Waals surface area contributed by atoms with Crippen LogP contribution in [0.5, 0.6) is 0 Å². The van der Waals surface area contributed by atoms with Gasteiger partial charge in [-0.2, -0.15) is 0 Å². The van der Waals surface area contributed by atoms with Gasteiger partial charge in [0.05, 0.1) is 0 Å². The molecule has 106 valence electrons. The number of benzene rings is 1. The zero-order valence-electron chi connectivity index (χ0n) is 12.0. The van der Waals surface area contributed by atoms with E-state index < -0.39 is 0 Å². The molecule has 1 aromatic rings. The molecule has 1 aromatic carbocycles. The first kappa shape index (κ1) is 14.5. The Morgan fingerprint density at radius 1 is 1.32 bits per heavy atom. The highest BCUT2D eigenvalue weighted by atomic mass is 19.1. The maximum Gasteiger partial charge on any atom is 0.123 e. The van der Waals surface area contributed by atoms with Gasteiger partial charge in [0.15, 0.2) is 0 Å². The Morgan fingerprint density at radius 3 is 2.68 bits per heavy atom. The van der Waals surface area contributed by atoms with Gasteiger partial charge in [-0.05, 0) is 57.5 Å². The van der Waals surface area contributed by atoms with Gasteiger partial charge in [0, 0.05) is 18.6 Å². The molecule has 1 aliphatic heterocycles. The number of hydrogen-bond donors (Lipinski definition) is 1. The normalized spacial score (nSPS) is 22.4. The third-order valence-electron chi connectivity index (χ3n) is 4.27. The molecule has 1 fully saturated rings. The molecule has 2 nitrogen and oxygen atoms in total. The van der Waals surface area contributed by atoms with E-state index in [1.165, 1.54) is 31.4 Å². The van der Waals surface area contributed by atoms with Crippen LogP contribution in [0.3, 0.4) is 0 Å². The van der Waals surface area contributed by atoms with Crippen molar-refractivity contribution in [3.63, 3.8) is 0 Å². The molecular weight excluding hydrogens is 239 g/mol. The largest absolute Gasteiger partial charge is 0.313 e. The van der Waals surface area contributed by atoms with Crippen molar-refractivity contribution in [1.82, 2.24) is 10.2 Å². The summed E-state index contributed by atoms with van der Waals surface area (Å²) < 4.78 is 13.0. The molecule has 1 N–H and O–H groups in total. The molecule has 19 heavy (non-hydrogen) atoms. The molecule has 0 bridgehead atoms. The van der Waals surface area contributed by atoms with Crippen LogP contribution in [-0.2, 0) is 0 Å². The van der Waals surface area contributed by atoms with Crippen LogP contribution >= 0.6 is 0 Å². The van der Waals surface area contributed by atoms with Gasteiger partial charge in [0.1, 0.15) is 5.82 Å². The predicted octanol–water partition coefficient (Wildman–Crippen LogP) is 3.35. The minimum absolute atomic E-state index is 0.164. The number of nitrogens with zero attached hydrogens (tertiary/aromatic N) is 1. The number of hydrogen-bond acceptors (Lipinski definition) is 2. The average molecular weight is 264 g/mol. The van der Waals surface area contributed by atoms with Gasteiger partial charge >= 0.3 is 0 Å². The topological polar surface area (TPSA) is 15.3 Å². The summed E-state index contributed by atoms with van der Waals surface area (Å²) in [5.74, 6) is -0.164. The van der Waals surface area contributed by atoms with Crippen molar-refractivity contribution in [2.45, 2.75) is 44.7 Å². The number of halogens is 1. The van der Waals surface area contributed by atoms with Crippen LogP contribution in [0, 0.1) is 5.82 Å². The Balaban J connectivity index is 1.90. The molecular formula is C16H25FN2. The van der Waals surface area contributed by atoms with Crippen molar-refractivity contribution >= 4 is 0 Å². The summed E-state index contributed by atoms with van der Waals surface area (Å²) >= 11 is 0. The molecule has 1 saturated heterocycles. The minimum atomic E-state index is -0.164. The van der Waals surface area contributed by atoms with Crippen molar-refractivity contribution in [2.75, 3.05) is 20.1 Å². The van der Waals surface area contributed by atoms with E-state index >= 15 is 0 Å². The Kier molecular flexibility index (Phi) is 5.34. The third-order valence-corrected chi connectivity index (χ3v) is 4.27. The van der Waals surface area contributed by atoms with Crippen LogP contribution in [-0.4, -0.2) is 31.1 Å². The average Bonchev–Trinajstić information content (AvgIpc) is 2.43. The molecule has 1 heterocycles. The van der Waals surface area contributed by atoms with Crippen LogP contribution in [0.4, 0.5) is 4.39 Å². The molecule has 1 aliphatic rings. The van der Waals surface area contributed by atoms with E-state index in [9.17, 15) is 4.39 Å². The van der Waals surface area contributed by atoms with E-state index in [-0.39, 0.29) is 5.82 Å². The van der Waals surface area contributed by atoms with Crippen molar-refractivity contribution in [2.24, 2.45) is 0 Å². The van der Waals surface area contributed by atoms with Crippen LogP contribution in [0.1, 0.15) is 44.2 Å². The van der Waals surface area contributed by atoms with Crippen LogP contribution in [0.15, 0.2) is 24.3 Å². The molecule has 2 unspecified atom stereocenters. The summed E-state index contributed by atoms with van der Waals surface area (Å²) in [7, 11) is 1.98. The van der Waals surface area contributed by atoms with Crippen LogP contribution in [0.2, 0.25) is 0 Å². The number of rotatable bonds is 5. The van der Waals surface area contributed by atoms with Crippen molar-refractivity contribution < 1.29 is 4.39 Å². The highest BCUT2D eigenvalue weighted by molar-refractivity contribution is 5.19. The van der Waals surface area contributed by atoms with E-state index in [4.69, 9.17) is 0 Å². The van der Waals surface area contributed by atoms with Gasteiger partial charge in [-0.15, -0.1) is 0 Å². The summed E-state index contributed by atoms with van der Waals surface area (Å²) in [6.45, 7) is 4.66. The van der Waals surface area contributed by atoms with Gasteiger partial charge in [0.2, 0.25) is 0 Å². The summed E-state index contributed by atoms with van der Waals surface area (Å²) in [4.78, 5) is 2.58. The maximum atomic E-state index is 13.0. The fraction of sp³-hybridized carbons (Fsp3) is 0.625. The molecule has 2 atom stereocenters. The number of likely N-dealkylation sites (tertiary alicyclic amines) is 1. The molecule has 2 rings (SSSR count). The van der Waals surface area contributed by atoms with Gasteiger partial charge in [-0.1, -0.05) is 18.6 Å². The van der Waals surface area contributed by atoms with E-state index in [2.05, 4.69) is 17.1 Å². The van der Waals surface area contributed by atoms with Crippen LogP contribution < -0.4 is 5.32 Å². The quantitative estimate of drug-likeness (QED) is 0.877. The zero-order valence-corrected chi connectivity index (χ0v) is 12.0. The zero-order chi connectivity index (χ0) is 13.7. The van der Waals surface area contributed by atoms with Crippen molar-refractivity contribution in [3.8, 4) is 0 Å². The number of piperidine rings is 1. The monoisotopic (exact) mass is 264 g/mol. The smallest absolute Gasteiger partial charge is 0.123 e. The third kappa shape index (κ3) is 4.02. The molecule has 0 radical (unpaired) electrons. The maximum absolute atomic E-state index is 13.0. The predicted molar refractivity (Wildman–Crippen MR) is 77.7 cm³/mol. The van der Waals surface area contributed by atoms with Gasteiger partial charge < -0.3 is 10.2 Å². The Hall–Kier alpha value is -0.930. The second-order valence-corrected chi connectivity index (χ2v) is 5.56. The lowest BCUT2D eigenvalue weighted by molar-refractivity contribution is 0.154. The van der Waals surface area contributed by atoms with E-state index in [1.54, 1.807) is 12.1 Å². The lowest BCUT2D eigenvalue weighted by atomic mass is 10.0. The van der Waals surface area contributed by atoms with E-state index in [0.29, 0.717) is 12.1 Å². The van der Waals surface area contributed by atoms with Gasteiger partial charge in [-0.25, -0.2) is 4.39 Å². The first-order valence-electron chi connectivity index (χ1n) is 7.37. The lowest BCUT2D eigenvalue weighted by Crippen LogP contribution is -2.39. The summed E-state index contributed by atoms with van der Waals surface area (Å²) in [6, 6.07) is 7.88. The molecule has 3 heteroatoms. The van der Waals surface area contributed by atoms with Crippen LogP contribution in [0.25, 0.3) is 0 Å². The lowest BCUT2D eigenvalue weighted by Gasteiger charge is -2.34. The van der Waals surface area contributed by atoms with Crippen molar-refractivity contribution in [3.05, 3.63) is 35.6 Å². The SMILES string of the molecule is CNC(CCN1CCCCC1C)c1ccc(F)cc1. The minimum Gasteiger partial charge on any atom is -0.313 e. The molecule has 0 amide bonds. The fourth-order valence-electron chi connectivity index (χ4n) is 2.96. The Morgan fingerprint density at radius 2 is 2.05 bits per heavy atom. The van der Waals surface area contributed by atoms with E-state index in [0.717, 1.165) is 13.0 Å². The second-order valence-electron chi connectivity index (χ2n) is 5.56. The number of nitrogens with one attached hydrogen (secondary N) is 1. The van der Waals surface area contributed by atoms with E-state index in [1.807, 2.05) is 19.2 Å². The highest BCUT2D eigenvalue weighted by Gasteiger charge is 2.19. The highest BCUT2D eigenvalue weighted by Crippen LogP contribution is 2.21. The molecule has 0 aliphatic carbocycles. The summed E-state index contributed by atoms with van der Waals surface area (Å²) in [6.07, 6.45) is 5.09. The molecule has 0 aromatic heterocycles. The molecule has 0 saturated carbocycles. The summed E-state index contributed by atoms with van der Waals surface area (Å²) in [5, 5.41) is 3.34. The van der Waals surface area contributed by atoms with Gasteiger partial charge in [-0.3, -0.25) is 0 Å². The van der Waals surface area contributed by atoms with Gasteiger partial charge in [0.25, 0.3) is 0 Å². The van der Waals surface area contributed by atoms with Crippen molar-refractivity contribution in [1.29, 1.82) is 0 Å².